The minimum absolute atomic E-state index is 0.666. The van der Waals surface area contributed by atoms with Crippen LogP contribution in [0.1, 0.15) is 19.0 Å². The van der Waals surface area contributed by atoms with Crippen molar-refractivity contribution in [1.29, 1.82) is 0 Å². The summed E-state index contributed by atoms with van der Waals surface area (Å²) < 4.78 is 12.4. The molecule has 104 valence electrons. The highest BCUT2D eigenvalue weighted by atomic mass is 16.5. The summed E-state index contributed by atoms with van der Waals surface area (Å²) >= 11 is 0. The van der Waals surface area contributed by atoms with Gasteiger partial charge in [0.25, 0.3) is 0 Å². The number of hydrogen-bond acceptors (Lipinski definition) is 4. The van der Waals surface area contributed by atoms with Gasteiger partial charge in [-0.05, 0) is 13.0 Å². The average molecular weight is 255 g/mol. The number of ether oxygens (including phenoxy) is 2. The minimum atomic E-state index is 0.666. The van der Waals surface area contributed by atoms with E-state index in [4.69, 9.17) is 9.47 Å². The molecule has 18 heavy (non-hydrogen) atoms. The molecule has 0 aliphatic carbocycles. The quantitative estimate of drug-likeness (QED) is 0.601. The van der Waals surface area contributed by atoms with Gasteiger partial charge in [0.2, 0.25) is 0 Å². The highest BCUT2D eigenvalue weighted by molar-refractivity contribution is 4.97. The third kappa shape index (κ3) is 6.74. The number of aryl methyl sites for hydroxylation is 1. The predicted octanol–water partition coefficient (Wildman–Crippen LogP) is 1.09. The lowest BCUT2D eigenvalue weighted by Gasteiger charge is -2.04. The summed E-state index contributed by atoms with van der Waals surface area (Å²) in [6.45, 7) is 7.19. The Bertz CT molecular complexity index is 302. The summed E-state index contributed by atoms with van der Waals surface area (Å²) in [4.78, 5) is 4.38. The van der Waals surface area contributed by atoms with Gasteiger partial charge in [-0.2, -0.15) is 0 Å². The van der Waals surface area contributed by atoms with Crippen LogP contribution in [0.2, 0.25) is 0 Å². The zero-order chi connectivity index (χ0) is 13.1. The monoisotopic (exact) mass is 255 g/mol. The molecular weight excluding hydrogens is 230 g/mol. The molecule has 0 unspecified atom stereocenters. The van der Waals surface area contributed by atoms with Crippen molar-refractivity contribution in [2.24, 2.45) is 0 Å². The van der Waals surface area contributed by atoms with Gasteiger partial charge < -0.3 is 19.4 Å². The Balaban J connectivity index is 2.07. The van der Waals surface area contributed by atoms with Crippen molar-refractivity contribution in [3.05, 3.63) is 18.2 Å². The molecule has 0 saturated carbocycles. The zero-order valence-corrected chi connectivity index (χ0v) is 11.5. The normalized spacial score (nSPS) is 11.0. The number of methoxy groups -OCH3 is 1. The first-order chi connectivity index (χ1) is 8.86. The lowest BCUT2D eigenvalue weighted by atomic mass is 10.3. The molecule has 0 radical (unpaired) electrons. The topological polar surface area (TPSA) is 48.3 Å². The van der Waals surface area contributed by atoms with Crippen LogP contribution in [0.25, 0.3) is 0 Å². The molecule has 0 aliphatic rings. The average Bonchev–Trinajstić information content (AvgIpc) is 2.82. The Morgan fingerprint density at radius 1 is 1.33 bits per heavy atom. The van der Waals surface area contributed by atoms with E-state index in [0.29, 0.717) is 13.2 Å². The van der Waals surface area contributed by atoms with Crippen molar-refractivity contribution in [2.75, 3.05) is 40.0 Å². The molecule has 1 N–H and O–H groups in total. The SMILES string of the molecule is CCNCCc1cn(CCCOCCOC)cn1. The second kappa shape index (κ2) is 10.1. The lowest BCUT2D eigenvalue weighted by Crippen LogP contribution is -2.16. The molecule has 1 aromatic rings. The summed E-state index contributed by atoms with van der Waals surface area (Å²) in [5.41, 5.74) is 1.15. The molecule has 1 heterocycles. The van der Waals surface area contributed by atoms with Gasteiger partial charge >= 0.3 is 0 Å². The number of rotatable bonds is 11. The van der Waals surface area contributed by atoms with Gasteiger partial charge in [-0.3, -0.25) is 0 Å². The first-order valence-electron chi connectivity index (χ1n) is 6.65. The van der Waals surface area contributed by atoms with Gasteiger partial charge in [-0.1, -0.05) is 6.92 Å². The van der Waals surface area contributed by atoms with E-state index >= 15 is 0 Å². The molecule has 0 saturated heterocycles. The van der Waals surface area contributed by atoms with Crippen molar-refractivity contribution in [3.8, 4) is 0 Å². The second-order valence-electron chi connectivity index (χ2n) is 4.17. The number of hydrogen-bond donors (Lipinski definition) is 1. The summed E-state index contributed by atoms with van der Waals surface area (Å²) in [7, 11) is 1.68. The molecular formula is C13H25N3O2. The summed E-state index contributed by atoms with van der Waals surface area (Å²) in [6.07, 6.45) is 6.01. The molecule has 1 aromatic heterocycles. The van der Waals surface area contributed by atoms with Crippen molar-refractivity contribution < 1.29 is 9.47 Å². The van der Waals surface area contributed by atoms with E-state index in [9.17, 15) is 0 Å². The highest BCUT2D eigenvalue weighted by Crippen LogP contribution is 1.98. The molecule has 5 heteroatoms. The maximum absolute atomic E-state index is 5.41. The zero-order valence-electron chi connectivity index (χ0n) is 11.5. The van der Waals surface area contributed by atoms with E-state index in [1.54, 1.807) is 7.11 Å². The fraction of sp³-hybridized carbons (Fsp3) is 0.769. The van der Waals surface area contributed by atoms with E-state index < -0.39 is 0 Å². The Morgan fingerprint density at radius 2 is 2.22 bits per heavy atom. The van der Waals surface area contributed by atoms with Crippen molar-refractivity contribution in [3.63, 3.8) is 0 Å². The molecule has 0 bridgehead atoms. The fourth-order valence-corrected chi connectivity index (χ4v) is 1.64. The first kappa shape index (κ1) is 15.1. The second-order valence-corrected chi connectivity index (χ2v) is 4.17. The van der Waals surface area contributed by atoms with Crippen molar-refractivity contribution in [2.45, 2.75) is 26.3 Å². The molecule has 0 fully saturated rings. The molecule has 5 nitrogen and oxygen atoms in total. The molecule has 0 spiro atoms. The smallest absolute Gasteiger partial charge is 0.0949 e. The van der Waals surface area contributed by atoms with Gasteiger partial charge in [0.15, 0.2) is 0 Å². The Morgan fingerprint density at radius 3 is 3.00 bits per heavy atom. The van der Waals surface area contributed by atoms with Crippen LogP contribution in [0.15, 0.2) is 12.5 Å². The third-order valence-corrected chi connectivity index (χ3v) is 2.63. The predicted molar refractivity (Wildman–Crippen MR) is 71.8 cm³/mol. The van der Waals surface area contributed by atoms with Crippen LogP contribution in [-0.2, 0) is 22.4 Å². The molecule has 1 rings (SSSR count). The summed E-state index contributed by atoms with van der Waals surface area (Å²) in [5.74, 6) is 0. The van der Waals surface area contributed by atoms with Gasteiger partial charge in [-0.25, -0.2) is 4.98 Å². The van der Waals surface area contributed by atoms with Crippen molar-refractivity contribution in [1.82, 2.24) is 14.9 Å². The fourth-order valence-electron chi connectivity index (χ4n) is 1.64. The van der Waals surface area contributed by atoms with E-state index in [1.165, 1.54) is 0 Å². The lowest BCUT2D eigenvalue weighted by molar-refractivity contribution is 0.0680. The van der Waals surface area contributed by atoms with Gasteiger partial charge in [-0.15, -0.1) is 0 Å². The number of nitrogens with zero attached hydrogens (tertiary/aromatic N) is 2. The number of aromatic nitrogens is 2. The Labute approximate surface area is 109 Å². The van der Waals surface area contributed by atoms with E-state index in [0.717, 1.165) is 44.8 Å². The highest BCUT2D eigenvalue weighted by Gasteiger charge is 1.98. The maximum atomic E-state index is 5.41. The van der Waals surface area contributed by atoms with Crippen LogP contribution in [0.4, 0.5) is 0 Å². The Hall–Kier alpha value is -0.910. The van der Waals surface area contributed by atoms with E-state index in [2.05, 4.69) is 28.0 Å². The van der Waals surface area contributed by atoms with Crippen LogP contribution >= 0.6 is 0 Å². The van der Waals surface area contributed by atoms with Crippen LogP contribution in [0.3, 0.4) is 0 Å². The van der Waals surface area contributed by atoms with Crippen LogP contribution in [-0.4, -0.2) is 49.6 Å². The third-order valence-electron chi connectivity index (χ3n) is 2.63. The minimum Gasteiger partial charge on any atom is -0.382 e. The summed E-state index contributed by atoms with van der Waals surface area (Å²) in [5, 5.41) is 3.30. The largest absolute Gasteiger partial charge is 0.382 e. The first-order valence-corrected chi connectivity index (χ1v) is 6.65. The van der Waals surface area contributed by atoms with E-state index in [1.807, 2.05) is 6.33 Å². The van der Waals surface area contributed by atoms with Gasteiger partial charge in [0, 0.05) is 39.4 Å². The van der Waals surface area contributed by atoms with Crippen LogP contribution in [0, 0.1) is 0 Å². The number of likely N-dealkylation sites (N-methyl/N-ethyl adjacent to an activating group) is 1. The molecule has 0 aromatic carbocycles. The van der Waals surface area contributed by atoms with Crippen LogP contribution in [0.5, 0.6) is 0 Å². The van der Waals surface area contributed by atoms with Crippen molar-refractivity contribution >= 4 is 0 Å². The molecule has 0 aliphatic heterocycles. The molecule has 0 amide bonds. The number of imidazole rings is 1. The van der Waals surface area contributed by atoms with Gasteiger partial charge in [0.1, 0.15) is 0 Å². The standard InChI is InChI=1S/C13H25N3O2/c1-3-14-6-5-13-11-16(12-15-13)7-4-8-18-10-9-17-2/h11-12,14H,3-10H2,1-2H3. The Kier molecular flexibility index (Phi) is 8.46. The van der Waals surface area contributed by atoms with E-state index in [-0.39, 0.29) is 0 Å². The summed E-state index contributed by atoms with van der Waals surface area (Å²) in [6, 6.07) is 0. The number of nitrogens with one attached hydrogen (secondary N) is 1. The maximum Gasteiger partial charge on any atom is 0.0949 e. The molecule has 0 atom stereocenters. The van der Waals surface area contributed by atoms with Crippen LogP contribution < -0.4 is 5.32 Å². The van der Waals surface area contributed by atoms with Gasteiger partial charge in [0.05, 0.1) is 25.2 Å².